The van der Waals surface area contributed by atoms with Gasteiger partial charge in [-0.15, -0.1) is 0 Å². The van der Waals surface area contributed by atoms with Gasteiger partial charge in [-0.2, -0.15) is 22.0 Å². The van der Waals surface area contributed by atoms with E-state index < -0.39 is 28.9 Å². The van der Waals surface area contributed by atoms with Crippen molar-refractivity contribution >= 4 is 34.1 Å². The van der Waals surface area contributed by atoms with Gasteiger partial charge in [0.25, 0.3) is 0 Å². The van der Waals surface area contributed by atoms with Crippen molar-refractivity contribution in [3.05, 3.63) is 108 Å². The van der Waals surface area contributed by atoms with Gasteiger partial charge in [0.2, 0.25) is 5.67 Å². The maximum atomic E-state index is 16.4. The summed E-state index contributed by atoms with van der Waals surface area (Å²) in [7, 11) is 0. The van der Waals surface area contributed by atoms with Crippen molar-refractivity contribution in [2.45, 2.75) is 17.8 Å². The van der Waals surface area contributed by atoms with Gasteiger partial charge in [0, 0.05) is 22.5 Å². The van der Waals surface area contributed by atoms with Gasteiger partial charge in [0.1, 0.15) is 0 Å². The Kier molecular flexibility index (Phi) is 6.68. The van der Waals surface area contributed by atoms with Gasteiger partial charge >= 0.3 is 12.1 Å². The molecule has 37 heavy (non-hydrogen) atoms. The first-order valence-electron chi connectivity index (χ1n) is 11.0. The molecule has 0 aliphatic heterocycles. The molecule has 0 aromatic heterocycles. The molecule has 0 saturated carbocycles. The largest absolute Gasteiger partial charge is 0.457 e. The number of rotatable bonds is 7. The summed E-state index contributed by atoms with van der Waals surface area (Å²) in [4.78, 5) is 0. The number of alkyl halides is 6. The van der Waals surface area contributed by atoms with E-state index in [0.717, 1.165) is 36.4 Å². The Hall–Kier alpha value is -4.34. The maximum Gasteiger partial charge on any atom is 0.457 e. The summed E-state index contributed by atoms with van der Waals surface area (Å²) in [6, 6.07) is 22.7. The average Bonchev–Trinajstić information content (AvgIpc) is 2.86. The van der Waals surface area contributed by atoms with Crippen molar-refractivity contribution in [3.63, 3.8) is 0 Å². The van der Waals surface area contributed by atoms with E-state index in [0.29, 0.717) is 11.4 Å². The second kappa shape index (κ2) is 9.61. The van der Waals surface area contributed by atoms with Crippen molar-refractivity contribution in [1.29, 1.82) is 0 Å². The summed E-state index contributed by atoms with van der Waals surface area (Å²) in [5, 5.41) is 5.83. The van der Waals surface area contributed by atoms with Crippen LogP contribution in [0.5, 0.6) is 0 Å². The molecule has 0 unspecified atom stereocenters. The Labute approximate surface area is 208 Å². The third-order valence-corrected chi connectivity index (χ3v) is 5.79. The first-order valence-corrected chi connectivity index (χ1v) is 11.0. The molecule has 4 aromatic carbocycles. The van der Waals surface area contributed by atoms with Crippen molar-refractivity contribution in [1.82, 2.24) is 0 Å². The normalized spacial score (nSPS) is 12.3. The summed E-state index contributed by atoms with van der Waals surface area (Å²) in [6.07, 6.45) is -6.22. The minimum Gasteiger partial charge on any atom is -0.397 e. The van der Waals surface area contributed by atoms with Crippen molar-refractivity contribution in [3.8, 4) is 0 Å². The van der Waals surface area contributed by atoms with Crippen LogP contribution < -0.4 is 22.1 Å². The zero-order valence-electron chi connectivity index (χ0n) is 19.2. The molecule has 0 atom stereocenters. The van der Waals surface area contributed by atoms with Gasteiger partial charge in [-0.05, 0) is 48.5 Å². The lowest BCUT2D eigenvalue weighted by Gasteiger charge is -2.36. The Morgan fingerprint density at radius 2 is 0.892 bits per heavy atom. The highest BCUT2D eigenvalue weighted by molar-refractivity contribution is 5.75. The van der Waals surface area contributed by atoms with Gasteiger partial charge in [0.15, 0.2) is 0 Å². The van der Waals surface area contributed by atoms with Gasteiger partial charge in [-0.25, -0.2) is 4.39 Å². The fourth-order valence-electron chi connectivity index (χ4n) is 3.86. The molecule has 0 amide bonds. The molecule has 4 rings (SSSR count). The van der Waals surface area contributed by atoms with Gasteiger partial charge in [-0.1, -0.05) is 48.5 Å². The summed E-state index contributed by atoms with van der Waals surface area (Å²) < 4.78 is 86.9. The zero-order valence-corrected chi connectivity index (χ0v) is 19.2. The summed E-state index contributed by atoms with van der Waals surface area (Å²) in [6.45, 7) is 0. The van der Waals surface area contributed by atoms with Crippen LogP contribution in [0.25, 0.3) is 0 Å². The molecule has 6 N–H and O–H groups in total. The molecule has 0 heterocycles. The number of nitrogens with one attached hydrogen (secondary N) is 2. The maximum absolute atomic E-state index is 16.4. The minimum atomic E-state index is -6.22. The van der Waals surface area contributed by atoms with Gasteiger partial charge in [-0.3, -0.25) is 0 Å². The van der Waals surface area contributed by atoms with Crippen LogP contribution in [0, 0.1) is 0 Å². The van der Waals surface area contributed by atoms with Crippen molar-refractivity contribution in [2.24, 2.45) is 0 Å². The lowest BCUT2D eigenvalue weighted by molar-refractivity contribution is -0.323. The molecule has 0 bridgehead atoms. The molecule has 4 nitrogen and oxygen atoms in total. The first kappa shape index (κ1) is 25.7. The van der Waals surface area contributed by atoms with E-state index in [2.05, 4.69) is 10.6 Å². The SMILES string of the molecule is Nc1cc(C(F)(c2ccc(Nc3ccccc3)c(N)c2)C(F)(F)C(F)(F)F)ccc1Nc1ccccc1. The van der Waals surface area contributed by atoms with Crippen LogP contribution in [0.2, 0.25) is 0 Å². The Bertz CT molecular complexity index is 1280. The lowest BCUT2D eigenvalue weighted by Crippen LogP contribution is -2.53. The smallest absolute Gasteiger partial charge is 0.397 e. The van der Waals surface area contributed by atoms with Crippen LogP contribution in [-0.2, 0) is 5.67 Å². The summed E-state index contributed by atoms with van der Waals surface area (Å²) in [5.74, 6) is -5.82. The second-order valence-corrected chi connectivity index (χ2v) is 8.32. The average molecular weight is 516 g/mol. The molecule has 4 aromatic rings. The predicted molar refractivity (Wildman–Crippen MR) is 134 cm³/mol. The standard InChI is InChI=1S/C27H22F6N4/c28-25(26(29,30)27(31,32)33,17-11-13-23(21(34)15-17)36-19-7-3-1-4-8-19)18-12-14-24(22(35)16-18)37-20-9-5-2-6-10-20/h1-16,36-37H,34-35H2. The topological polar surface area (TPSA) is 76.1 Å². The number of hydrogen-bond donors (Lipinski definition) is 4. The number of nitrogens with two attached hydrogens (primary N) is 2. The first-order chi connectivity index (χ1) is 17.4. The molecular weight excluding hydrogens is 494 g/mol. The molecule has 0 saturated heterocycles. The van der Waals surface area contributed by atoms with Crippen LogP contribution in [0.1, 0.15) is 11.1 Å². The number of para-hydroxylation sites is 2. The number of benzene rings is 4. The van der Waals surface area contributed by atoms with Crippen molar-refractivity contribution < 1.29 is 26.3 Å². The van der Waals surface area contributed by atoms with E-state index in [9.17, 15) is 22.0 Å². The van der Waals surface area contributed by atoms with Crippen LogP contribution >= 0.6 is 0 Å². The molecule has 0 aliphatic rings. The van der Waals surface area contributed by atoms with E-state index in [1.54, 1.807) is 60.7 Å². The number of nitrogen functional groups attached to an aromatic ring is 2. The Morgan fingerprint density at radius 1 is 0.514 bits per heavy atom. The molecule has 192 valence electrons. The van der Waals surface area contributed by atoms with Crippen molar-refractivity contribution in [2.75, 3.05) is 22.1 Å². The van der Waals surface area contributed by atoms with Crippen LogP contribution in [0.15, 0.2) is 97.1 Å². The van der Waals surface area contributed by atoms with E-state index in [4.69, 9.17) is 11.5 Å². The zero-order chi connectivity index (χ0) is 26.8. The van der Waals surface area contributed by atoms with Gasteiger partial charge < -0.3 is 22.1 Å². The fraction of sp³-hybridized carbons (Fsp3) is 0.111. The Balaban J connectivity index is 1.78. The second-order valence-electron chi connectivity index (χ2n) is 8.32. The van der Waals surface area contributed by atoms with Crippen LogP contribution in [0.3, 0.4) is 0 Å². The summed E-state index contributed by atoms with van der Waals surface area (Å²) in [5.41, 5.74) is 6.74. The molecule has 10 heteroatoms. The third kappa shape index (κ3) is 4.87. The van der Waals surface area contributed by atoms with Crippen LogP contribution in [-0.4, -0.2) is 12.1 Å². The fourth-order valence-corrected chi connectivity index (χ4v) is 3.86. The number of halogens is 6. The lowest BCUT2D eigenvalue weighted by atomic mass is 9.81. The molecule has 0 spiro atoms. The highest BCUT2D eigenvalue weighted by Gasteiger charge is 2.72. The molecular formula is C27H22F6N4. The monoisotopic (exact) mass is 516 g/mol. The highest BCUT2D eigenvalue weighted by Crippen LogP contribution is 2.55. The van der Waals surface area contributed by atoms with E-state index in [1.807, 2.05) is 0 Å². The van der Waals surface area contributed by atoms with E-state index in [-0.39, 0.29) is 22.7 Å². The molecule has 0 radical (unpaired) electrons. The van der Waals surface area contributed by atoms with Crippen LogP contribution in [0.4, 0.5) is 60.5 Å². The quantitative estimate of drug-likeness (QED) is 0.150. The molecule has 0 aliphatic carbocycles. The van der Waals surface area contributed by atoms with E-state index >= 15 is 4.39 Å². The minimum absolute atomic E-state index is 0.203. The predicted octanol–water partition coefficient (Wildman–Crippen LogP) is 7.75. The van der Waals surface area contributed by atoms with Gasteiger partial charge in [0.05, 0.1) is 22.7 Å². The number of anilines is 6. The number of hydrogen-bond acceptors (Lipinski definition) is 4. The summed E-state index contributed by atoms with van der Waals surface area (Å²) >= 11 is 0. The Morgan fingerprint density at radius 3 is 1.22 bits per heavy atom. The molecule has 0 fully saturated rings. The van der Waals surface area contributed by atoms with E-state index in [1.165, 1.54) is 0 Å². The third-order valence-electron chi connectivity index (χ3n) is 5.79. The highest BCUT2D eigenvalue weighted by atomic mass is 19.4.